The third-order valence-corrected chi connectivity index (χ3v) is 3.62. The van der Waals surface area contributed by atoms with Gasteiger partial charge in [-0.3, -0.25) is 0 Å². The Hall–Kier alpha value is -0.200. The number of hydrogen-bond donors (Lipinski definition) is 2. The van der Waals surface area contributed by atoms with Gasteiger partial charge in [0, 0.05) is 11.1 Å². The Morgan fingerprint density at radius 2 is 2.32 bits per heavy atom. The molecule has 0 bridgehead atoms. The van der Waals surface area contributed by atoms with E-state index in [9.17, 15) is 5.11 Å². The van der Waals surface area contributed by atoms with Gasteiger partial charge in [0.05, 0.1) is 12.7 Å². The molecule has 1 heterocycles. The summed E-state index contributed by atoms with van der Waals surface area (Å²) in [4.78, 5) is 0. The summed E-state index contributed by atoms with van der Waals surface area (Å²) in [6.45, 7) is 4.43. The standard InChI is InChI=1S/C14H23BrO4/c1-3-4-8-18-13-9-11(15)14(10(2)17)19-12(13)6-5-7-16/h5-6,9-10,12-14,16-17H,3-4,7-8H2,1-2H3/b6-5+/t10-,12+,13+,14+/m0/s1. The number of halogens is 1. The predicted octanol–water partition coefficient (Wildman–Crippen LogP) is 2.15. The van der Waals surface area contributed by atoms with Gasteiger partial charge >= 0.3 is 0 Å². The van der Waals surface area contributed by atoms with E-state index >= 15 is 0 Å². The zero-order valence-corrected chi connectivity index (χ0v) is 13.0. The van der Waals surface area contributed by atoms with Crippen LogP contribution in [0.25, 0.3) is 0 Å². The Labute approximate surface area is 123 Å². The van der Waals surface area contributed by atoms with E-state index in [1.165, 1.54) is 0 Å². The van der Waals surface area contributed by atoms with Crippen LogP contribution >= 0.6 is 15.9 Å². The summed E-state index contributed by atoms with van der Waals surface area (Å²) in [6.07, 6.45) is 5.94. The molecular formula is C14H23BrO4. The first kappa shape index (κ1) is 16.9. The average Bonchev–Trinajstić information content (AvgIpc) is 2.37. The third-order valence-electron chi connectivity index (χ3n) is 2.90. The topological polar surface area (TPSA) is 58.9 Å². The molecule has 19 heavy (non-hydrogen) atoms. The van der Waals surface area contributed by atoms with Gasteiger partial charge in [0.1, 0.15) is 18.3 Å². The van der Waals surface area contributed by atoms with E-state index in [1.54, 1.807) is 19.1 Å². The van der Waals surface area contributed by atoms with Gasteiger partial charge in [-0.25, -0.2) is 0 Å². The molecule has 0 aliphatic carbocycles. The molecule has 0 amide bonds. The molecule has 0 aromatic rings. The van der Waals surface area contributed by atoms with Crippen molar-refractivity contribution in [3.05, 3.63) is 22.7 Å². The second-order valence-electron chi connectivity index (χ2n) is 4.61. The molecule has 0 aromatic heterocycles. The smallest absolute Gasteiger partial charge is 0.115 e. The first-order valence-electron chi connectivity index (χ1n) is 6.70. The first-order chi connectivity index (χ1) is 9.10. The fourth-order valence-corrected chi connectivity index (χ4v) is 2.61. The molecule has 0 radical (unpaired) electrons. The van der Waals surface area contributed by atoms with Crippen molar-refractivity contribution >= 4 is 15.9 Å². The van der Waals surface area contributed by atoms with E-state index in [-0.39, 0.29) is 24.9 Å². The van der Waals surface area contributed by atoms with Crippen LogP contribution in [0.2, 0.25) is 0 Å². The van der Waals surface area contributed by atoms with Gasteiger partial charge in [0.25, 0.3) is 0 Å². The van der Waals surface area contributed by atoms with Crippen molar-refractivity contribution in [3.8, 4) is 0 Å². The lowest BCUT2D eigenvalue weighted by atomic mass is 10.1. The minimum absolute atomic E-state index is 0.0359. The molecular weight excluding hydrogens is 312 g/mol. The molecule has 1 aliphatic heterocycles. The lowest BCUT2D eigenvalue weighted by Gasteiger charge is -2.34. The minimum atomic E-state index is -0.604. The second kappa shape index (κ2) is 8.87. The minimum Gasteiger partial charge on any atom is -0.392 e. The summed E-state index contributed by atoms with van der Waals surface area (Å²) in [5, 5.41) is 18.5. The fourth-order valence-electron chi connectivity index (χ4n) is 1.86. The average molecular weight is 335 g/mol. The summed E-state index contributed by atoms with van der Waals surface area (Å²) >= 11 is 3.42. The van der Waals surface area contributed by atoms with Crippen LogP contribution < -0.4 is 0 Å². The van der Waals surface area contributed by atoms with Gasteiger partial charge in [-0.2, -0.15) is 0 Å². The van der Waals surface area contributed by atoms with E-state index in [0.717, 1.165) is 17.3 Å². The van der Waals surface area contributed by atoms with Crippen LogP contribution in [0.4, 0.5) is 0 Å². The molecule has 4 nitrogen and oxygen atoms in total. The van der Waals surface area contributed by atoms with Gasteiger partial charge in [0.2, 0.25) is 0 Å². The van der Waals surface area contributed by atoms with Gasteiger partial charge in [-0.05, 0) is 19.4 Å². The van der Waals surface area contributed by atoms with Crippen LogP contribution in [-0.2, 0) is 9.47 Å². The van der Waals surface area contributed by atoms with Crippen molar-refractivity contribution in [2.45, 2.75) is 51.1 Å². The third kappa shape index (κ3) is 5.36. The number of rotatable bonds is 7. The monoisotopic (exact) mass is 334 g/mol. The Morgan fingerprint density at radius 1 is 1.58 bits per heavy atom. The Morgan fingerprint density at radius 3 is 2.89 bits per heavy atom. The Bertz CT molecular complexity index is 315. The molecule has 1 rings (SSSR count). The highest BCUT2D eigenvalue weighted by Gasteiger charge is 2.32. The highest BCUT2D eigenvalue weighted by Crippen LogP contribution is 2.28. The van der Waals surface area contributed by atoms with Crippen molar-refractivity contribution in [3.63, 3.8) is 0 Å². The molecule has 2 N–H and O–H groups in total. The predicted molar refractivity (Wildman–Crippen MR) is 78.2 cm³/mol. The van der Waals surface area contributed by atoms with Gasteiger partial charge in [0.15, 0.2) is 0 Å². The maximum absolute atomic E-state index is 9.68. The Balaban J connectivity index is 2.74. The van der Waals surface area contributed by atoms with Crippen molar-refractivity contribution in [2.24, 2.45) is 0 Å². The first-order valence-corrected chi connectivity index (χ1v) is 7.49. The highest BCUT2D eigenvalue weighted by atomic mass is 79.9. The lowest BCUT2D eigenvalue weighted by molar-refractivity contribution is -0.0922. The quantitative estimate of drug-likeness (QED) is 0.553. The summed E-state index contributed by atoms with van der Waals surface area (Å²) in [5.74, 6) is 0. The molecule has 0 spiro atoms. The van der Waals surface area contributed by atoms with E-state index < -0.39 is 6.10 Å². The number of aliphatic hydroxyl groups excluding tert-OH is 2. The van der Waals surface area contributed by atoms with Crippen molar-refractivity contribution in [1.29, 1.82) is 0 Å². The summed E-state index contributed by atoms with van der Waals surface area (Å²) < 4.78 is 12.4. The summed E-state index contributed by atoms with van der Waals surface area (Å²) in [7, 11) is 0. The van der Waals surface area contributed by atoms with Crippen molar-refractivity contribution in [2.75, 3.05) is 13.2 Å². The van der Waals surface area contributed by atoms with Crippen LogP contribution in [0.3, 0.4) is 0 Å². The molecule has 110 valence electrons. The number of unbranched alkanes of at least 4 members (excludes halogenated alkanes) is 1. The molecule has 4 atom stereocenters. The number of hydrogen-bond acceptors (Lipinski definition) is 4. The van der Waals surface area contributed by atoms with Crippen molar-refractivity contribution in [1.82, 2.24) is 0 Å². The molecule has 0 saturated heterocycles. The molecule has 0 unspecified atom stereocenters. The van der Waals surface area contributed by atoms with Gasteiger partial charge in [-0.1, -0.05) is 41.4 Å². The van der Waals surface area contributed by atoms with Crippen LogP contribution in [0.1, 0.15) is 26.7 Å². The molecule has 5 heteroatoms. The highest BCUT2D eigenvalue weighted by molar-refractivity contribution is 9.11. The summed E-state index contributed by atoms with van der Waals surface area (Å²) in [5.41, 5.74) is 0. The molecule has 1 aliphatic rings. The number of aliphatic hydroxyl groups is 2. The Kier molecular flexibility index (Phi) is 7.87. The maximum Gasteiger partial charge on any atom is 0.115 e. The van der Waals surface area contributed by atoms with E-state index in [2.05, 4.69) is 22.9 Å². The van der Waals surface area contributed by atoms with E-state index in [1.807, 2.05) is 6.08 Å². The van der Waals surface area contributed by atoms with Crippen LogP contribution in [0.15, 0.2) is 22.7 Å². The van der Waals surface area contributed by atoms with Gasteiger partial charge < -0.3 is 19.7 Å². The zero-order valence-electron chi connectivity index (χ0n) is 11.5. The zero-order chi connectivity index (χ0) is 14.3. The fraction of sp³-hybridized carbons (Fsp3) is 0.714. The largest absolute Gasteiger partial charge is 0.392 e. The van der Waals surface area contributed by atoms with Crippen LogP contribution in [-0.4, -0.2) is 47.8 Å². The number of ether oxygens (including phenoxy) is 2. The molecule has 0 aromatic carbocycles. The molecule has 0 saturated carbocycles. The van der Waals surface area contributed by atoms with Crippen LogP contribution in [0.5, 0.6) is 0 Å². The summed E-state index contributed by atoms with van der Waals surface area (Å²) in [6, 6.07) is 0. The SMILES string of the molecule is CCCCO[C@@H]1C=C(Br)[C@@H]([C@H](C)O)O[C@@H]1/C=C/CO. The maximum atomic E-state index is 9.68. The second-order valence-corrected chi connectivity index (χ2v) is 5.53. The van der Waals surface area contributed by atoms with E-state index in [0.29, 0.717) is 6.61 Å². The normalized spacial score (nSPS) is 29.5. The molecule has 0 fully saturated rings. The van der Waals surface area contributed by atoms with E-state index in [4.69, 9.17) is 14.6 Å². The van der Waals surface area contributed by atoms with Crippen LogP contribution in [0, 0.1) is 0 Å². The van der Waals surface area contributed by atoms with Gasteiger partial charge in [-0.15, -0.1) is 0 Å². The van der Waals surface area contributed by atoms with Crippen molar-refractivity contribution < 1.29 is 19.7 Å². The lowest BCUT2D eigenvalue weighted by Crippen LogP contribution is -2.41.